The van der Waals surface area contributed by atoms with Crippen molar-refractivity contribution in [2.75, 3.05) is 0 Å². The summed E-state index contributed by atoms with van der Waals surface area (Å²) in [5, 5.41) is 6.10. The van der Waals surface area contributed by atoms with Gasteiger partial charge in [-0.25, -0.2) is 0 Å². The molecule has 0 aromatic heterocycles. The molecule has 2 aromatic rings. The predicted octanol–water partition coefficient (Wildman–Crippen LogP) is 3.28. The molecule has 3 heteroatoms. The van der Waals surface area contributed by atoms with Gasteiger partial charge in [-0.05, 0) is 23.7 Å². The first kappa shape index (κ1) is 14.1. The van der Waals surface area contributed by atoms with Gasteiger partial charge in [0, 0.05) is 11.8 Å². The van der Waals surface area contributed by atoms with E-state index in [2.05, 4.69) is 10.6 Å². The Kier molecular flexibility index (Phi) is 4.35. The zero-order chi connectivity index (χ0) is 15.2. The van der Waals surface area contributed by atoms with Crippen LogP contribution in [-0.4, -0.2) is 5.91 Å². The van der Waals surface area contributed by atoms with E-state index in [0.717, 1.165) is 16.7 Å². The topological polar surface area (TPSA) is 41.1 Å². The Hall–Kier alpha value is -2.81. The lowest BCUT2D eigenvalue weighted by atomic mass is 9.98. The Balaban J connectivity index is 1.86. The van der Waals surface area contributed by atoms with Gasteiger partial charge in [-0.3, -0.25) is 4.79 Å². The molecule has 2 N–H and O–H groups in total. The average molecular weight is 290 g/mol. The molecule has 2 aromatic carbocycles. The fourth-order valence-corrected chi connectivity index (χ4v) is 2.49. The van der Waals surface area contributed by atoms with Crippen LogP contribution in [0.4, 0.5) is 0 Å². The molecule has 0 unspecified atom stereocenters. The highest BCUT2D eigenvalue weighted by molar-refractivity contribution is 5.94. The Morgan fingerprint density at radius 3 is 2.05 bits per heavy atom. The first-order valence-corrected chi connectivity index (χ1v) is 7.35. The number of hydrogen-bond donors (Lipinski definition) is 2. The lowest BCUT2D eigenvalue weighted by Gasteiger charge is -2.21. The number of dihydropyridines is 1. The van der Waals surface area contributed by atoms with Gasteiger partial charge in [0.2, 0.25) is 5.91 Å². The standard InChI is InChI=1S/C19H18N2O/c22-19(17-12-7-13-20-14-17)21-18(15-8-3-1-4-9-15)16-10-5-2-6-11-16/h1-11,13-14,18,20H,12H2,(H,21,22). The van der Waals surface area contributed by atoms with E-state index in [4.69, 9.17) is 0 Å². The summed E-state index contributed by atoms with van der Waals surface area (Å²) in [6.45, 7) is 0. The second-order valence-electron chi connectivity index (χ2n) is 5.17. The van der Waals surface area contributed by atoms with E-state index in [1.54, 1.807) is 6.20 Å². The van der Waals surface area contributed by atoms with Gasteiger partial charge in [0.1, 0.15) is 0 Å². The highest BCUT2D eigenvalue weighted by Gasteiger charge is 2.18. The number of allylic oxidation sites excluding steroid dienone is 1. The van der Waals surface area contributed by atoms with Crippen LogP contribution in [0.25, 0.3) is 0 Å². The Bertz CT molecular complexity index is 650. The maximum absolute atomic E-state index is 12.5. The fraction of sp³-hybridized carbons (Fsp3) is 0.105. The van der Waals surface area contributed by atoms with Crippen molar-refractivity contribution in [3.63, 3.8) is 0 Å². The molecule has 0 fully saturated rings. The zero-order valence-corrected chi connectivity index (χ0v) is 12.2. The zero-order valence-electron chi connectivity index (χ0n) is 12.2. The maximum Gasteiger partial charge on any atom is 0.249 e. The van der Waals surface area contributed by atoms with Crippen LogP contribution in [0.5, 0.6) is 0 Å². The second-order valence-corrected chi connectivity index (χ2v) is 5.17. The molecule has 1 aliphatic heterocycles. The van der Waals surface area contributed by atoms with E-state index in [9.17, 15) is 4.79 Å². The smallest absolute Gasteiger partial charge is 0.249 e. The fourth-order valence-electron chi connectivity index (χ4n) is 2.49. The monoisotopic (exact) mass is 290 g/mol. The summed E-state index contributed by atoms with van der Waals surface area (Å²) in [7, 11) is 0. The van der Waals surface area contributed by atoms with E-state index < -0.39 is 0 Å². The van der Waals surface area contributed by atoms with Crippen molar-refractivity contribution in [2.45, 2.75) is 12.5 Å². The van der Waals surface area contributed by atoms with Gasteiger partial charge in [-0.15, -0.1) is 0 Å². The summed E-state index contributed by atoms with van der Waals surface area (Å²) in [6, 6.07) is 19.9. The van der Waals surface area contributed by atoms with E-state index in [-0.39, 0.29) is 11.9 Å². The van der Waals surface area contributed by atoms with Crippen LogP contribution >= 0.6 is 0 Å². The molecule has 0 aliphatic carbocycles. The number of hydrogen-bond acceptors (Lipinski definition) is 2. The lowest BCUT2D eigenvalue weighted by molar-refractivity contribution is -0.118. The number of carbonyl (C=O) groups is 1. The molecule has 110 valence electrons. The third-order valence-electron chi connectivity index (χ3n) is 3.64. The summed E-state index contributed by atoms with van der Waals surface area (Å²) < 4.78 is 0. The molecule has 0 saturated heterocycles. The van der Waals surface area contributed by atoms with Crippen molar-refractivity contribution in [3.05, 3.63) is 95.8 Å². The minimum absolute atomic E-state index is 0.0467. The van der Waals surface area contributed by atoms with Crippen molar-refractivity contribution in [1.29, 1.82) is 0 Å². The maximum atomic E-state index is 12.5. The molecular formula is C19H18N2O. The Labute approximate surface area is 130 Å². The number of carbonyl (C=O) groups excluding carboxylic acids is 1. The minimum Gasteiger partial charge on any atom is -0.367 e. The van der Waals surface area contributed by atoms with Crippen LogP contribution < -0.4 is 10.6 Å². The summed E-state index contributed by atoms with van der Waals surface area (Å²) in [6.07, 6.45) is 6.18. The van der Waals surface area contributed by atoms with Gasteiger partial charge in [-0.2, -0.15) is 0 Å². The molecule has 1 amide bonds. The molecule has 0 radical (unpaired) electrons. The van der Waals surface area contributed by atoms with Crippen LogP contribution in [-0.2, 0) is 4.79 Å². The van der Waals surface area contributed by atoms with Crippen LogP contribution in [0.3, 0.4) is 0 Å². The third kappa shape index (κ3) is 3.26. The van der Waals surface area contributed by atoms with Crippen LogP contribution in [0.15, 0.2) is 84.7 Å². The van der Waals surface area contributed by atoms with Crippen molar-refractivity contribution < 1.29 is 4.79 Å². The van der Waals surface area contributed by atoms with E-state index in [1.165, 1.54) is 0 Å². The van der Waals surface area contributed by atoms with Crippen LogP contribution in [0.2, 0.25) is 0 Å². The predicted molar refractivity (Wildman–Crippen MR) is 87.8 cm³/mol. The lowest BCUT2D eigenvalue weighted by Crippen LogP contribution is -2.31. The molecule has 1 aliphatic rings. The highest BCUT2D eigenvalue weighted by Crippen LogP contribution is 2.22. The van der Waals surface area contributed by atoms with Gasteiger partial charge in [0.25, 0.3) is 0 Å². The second kappa shape index (κ2) is 6.76. The van der Waals surface area contributed by atoms with Gasteiger partial charge in [0.05, 0.1) is 6.04 Å². The normalized spacial score (nSPS) is 13.4. The first-order valence-electron chi connectivity index (χ1n) is 7.35. The molecule has 0 atom stereocenters. The number of benzene rings is 2. The van der Waals surface area contributed by atoms with Gasteiger partial charge >= 0.3 is 0 Å². The Morgan fingerprint density at radius 2 is 1.55 bits per heavy atom. The SMILES string of the molecule is O=C(NC(c1ccccc1)c1ccccc1)C1=CNC=CC1. The van der Waals surface area contributed by atoms with Crippen molar-refractivity contribution in [1.82, 2.24) is 10.6 Å². The van der Waals surface area contributed by atoms with Crippen molar-refractivity contribution >= 4 is 5.91 Å². The molecule has 0 bridgehead atoms. The third-order valence-corrected chi connectivity index (χ3v) is 3.64. The van der Waals surface area contributed by atoms with E-state index >= 15 is 0 Å². The number of nitrogens with one attached hydrogen (secondary N) is 2. The highest BCUT2D eigenvalue weighted by atomic mass is 16.1. The van der Waals surface area contributed by atoms with Crippen LogP contribution in [0, 0.1) is 0 Å². The summed E-state index contributed by atoms with van der Waals surface area (Å²) in [4.78, 5) is 12.5. The molecule has 3 nitrogen and oxygen atoms in total. The van der Waals surface area contributed by atoms with Crippen molar-refractivity contribution in [2.24, 2.45) is 0 Å². The van der Waals surface area contributed by atoms with Gasteiger partial charge < -0.3 is 10.6 Å². The summed E-state index contributed by atoms with van der Waals surface area (Å²) in [5.74, 6) is -0.0467. The van der Waals surface area contributed by atoms with E-state index in [1.807, 2.05) is 72.9 Å². The first-order chi connectivity index (χ1) is 10.8. The van der Waals surface area contributed by atoms with Gasteiger partial charge in [-0.1, -0.05) is 66.7 Å². The molecular weight excluding hydrogens is 272 g/mol. The molecule has 3 rings (SSSR count). The Morgan fingerprint density at radius 1 is 0.955 bits per heavy atom. The average Bonchev–Trinajstić information content (AvgIpc) is 2.62. The summed E-state index contributed by atoms with van der Waals surface area (Å²) >= 11 is 0. The quantitative estimate of drug-likeness (QED) is 0.907. The van der Waals surface area contributed by atoms with Crippen LogP contribution in [0.1, 0.15) is 23.6 Å². The largest absolute Gasteiger partial charge is 0.367 e. The number of amides is 1. The number of rotatable bonds is 4. The molecule has 0 saturated carbocycles. The molecule has 22 heavy (non-hydrogen) atoms. The summed E-state index contributed by atoms with van der Waals surface area (Å²) in [5.41, 5.74) is 2.88. The minimum atomic E-state index is -0.151. The molecule has 1 heterocycles. The van der Waals surface area contributed by atoms with E-state index in [0.29, 0.717) is 6.42 Å². The van der Waals surface area contributed by atoms with Crippen molar-refractivity contribution in [3.8, 4) is 0 Å². The van der Waals surface area contributed by atoms with Gasteiger partial charge in [0.15, 0.2) is 0 Å². The molecule has 0 spiro atoms.